The standard InChI is InChI=1S/C19H18N4O4S/c1-22-15-11-23(13-7-9-14(10-8-13)28(20,26)27)18(24)16(15)17(21-19(22)25)12-5-3-2-4-6-12/h2-10,17H,11H2,1H3,(H,21,25)(H2,20,26,27)/t17-/m0/s1. The van der Waals surface area contributed by atoms with Crippen LogP contribution in [0.5, 0.6) is 0 Å². The van der Waals surface area contributed by atoms with E-state index in [0.717, 1.165) is 5.56 Å². The number of urea groups is 1. The molecule has 2 aromatic rings. The summed E-state index contributed by atoms with van der Waals surface area (Å²) in [7, 11) is -2.20. The average Bonchev–Trinajstić information content (AvgIpc) is 3.02. The molecule has 2 heterocycles. The number of rotatable bonds is 3. The SMILES string of the molecule is CN1C(=O)N[C@@H](c2ccccc2)C2=C1CN(c1ccc(S(N)(=O)=O)cc1)C2=O. The van der Waals surface area contributed by atoms with Crippen molar-refractivity contribution in [3.05, 3.63) is 71.4 Å². The van der Waals surface area contributed by atoms with Gasteiger partial charge >= 0.3 is 6.03 Å². The molecule has 0 radical (unpaired) electrons. The fourth-order valence-electron chi connectivity index (χ4n) is 3.49. The molecule has 144 valence electrons. The number of carbonyl (C=O) groups is 2. The number of nitrogens with two attached hydrogens (primary N) is 1. The molecule has 0 saturated carbocycles. The topological polar surface area (TPSA) is 113 Å². The smallest absolute Gasteiger partial charge is 0.322 e. The fraction of sp³-hybridized carbons (Fsp3) is 0.158. The molecule has 0 saturated heterocycles. The van der Waals surface area contributed by atoms with Crippen molar-refractivity contribution < 1.29 is 18.0 Å². The second-order valence-electron chi connectivity index (χ2n) is 6.64. The van der Waals surface area contributed by atoms with E-state index in [0.29, 0.717) is 17.0 Å². The van der Waals surface area contributed by atoms with Crippen LogP contribution in [0.3, 0.4) is 0 Å². The molecule has 2 aliphatic rings. The summed E-state index contributed by atoms with van der Waals surface area (Å²) < 4.78 is 22.9. The highest BCUT2D eigenvalue weighted by molar-refractivity contribution is 7.89. The van der Waals surface area contributed by atoms with E-state index < -0.39 is 16.1 Å². The maximum absolute atomic E-state index is 13.2. The normalized spacial score (nSPS) is 19.7. The zero-order valence-electron chi connectivity index (χ0n) is 15.0. The van der Waals surface area contributed by atoms with E-state index in [1.54, 1.807) is 7.05 Å². The average molecular weight is 398 g/mol. The van der Waals surface area contributed by atoms with Gasteiger partial charge in [0.25, 0.3) is 5.91 Å². The Labute approximate surface area is 162 Å². The Bertz CT molecular complexity index is 1090. The molecule has 4 rings (SSSR count). The Hall–Kier alpha value is -3.17. The highest BCUT2D eigenvalue weighted by Gasteiger charge is 2.43. The molecular formula is C19H18N4O4S. The highest BCUT2D eigenvalue weighted by Crippen LogP contribution is 2.37. The lowest BCUT2D eigenvalue weighted by Gasteiger charge is -2.31. The summed E-state index contributed by atoms with van der Waals surface area (Å²) in [5.41, 5.74) is 2.47. The van der Waals surface area contributed by atoms with Gasteiger partial charge in [-0.2, -0.15) is 0 Å². The maximum atomic E-state index is 13.2. The van der Waals surface area contributed by atoms with Crippen molar-refractivity contribution in [2.75, 3.05) is 18.5 Å². The summed E-state index contributed by atoms with van der Waals surface area (Å²) in [5, 5.41) is 8.00. The highest BCUT2D eigenvalue weighted by atomic mass is 32.2. The number of nitrogens with zero attached hydrogens (tertiary/aromatic N) is 2. The third kappa shape index (κ3) is 2.94. The lowest BCUT2D eigenvalue weighted by Crippen LogP contribution is -2.45. The zero-order valence-corrected chi connectivity index (χ0v) is 15.8. The van der Waals surface area contributed by atoms with E-state index in [2.05, 4.69) is 5.32 Å². The lowest BCUT2D eigenvalue weighted by molar-refractivity contribution is -0.114. The van der Waals surface area contributed by atoms with Crippen LogP contribution in [0.2, 0.25) is 0 Å². The number of benzene rings is 2. The van der Waals surface area contributed by atoms with Gasteiger partial charge in [-0.3, -0.25) is 9.69 Å². The molecule has 0 aliphatic carbocycles. The van der Waals surface area contributed by atoms with Gasteiger partial charge in [0.05, 0.1) is 28.8 Å². The Balaban J connectivity index is 1.72. The molecule has 2 aliphatic heterocycles. The molecule has 0 aromatic heterocycles. The predicted molar refractivity (Wildman–Crippen MR) is 103 cm³/mol. The second kappa shape index (κ2) is 6.47. The minimum absolute atomic E-state index is 0.0308. The number of sulfonamides is 1. The quantitative estimate of drug-likeness (QED) is 0.812. The van der Waals surface area contributed by atoms with Crippen LogP contribution in [-0.4, -0.2) is 38.8 Å². The Morgan fingerprint density at radius 1 is 1.04 bits per heavy atom. The largest absolute Gasteiger partial charge is 0.327 e. The molecule has 0 bridgehead atoms. The minimum Gasteiger partial charge on any atom is -0.327 e. The van der Waals surface area contributed by atoms with Gasteiger partial charge in [-0.25, -0.2) is 18.4 Å². The number of nitrogens with one attached hydrogen (secondary N) is 1. The monoisotopic (exact) mass is 398 g/mol. The molecular weight excluding hydrogens is 380 g/mol. The van der Waals surface area contributed by atoms with Gasteiger partial charge in [-0.05, 0) is 29.8 Å². The number of hydrogen-bond acceptors (Lipinski definition) is 4. The van der Waals surface area contributed by atoms with Crippen LogP contribution in [-0.2, 0) is 14.8 Å². The van der Waals surface area contributed by atoms with Gasteiger partial charge in [0.2, 0.25) is 10.0 Å². The van der Waals surface area contributed by atoms with Crippen LogP contribution >= 0.6 is 0 Å². The van der Waals surface area contributed by atoms with E-state index >= 15 is 0 Å². The van der Waals surface area contributed by atoms with Gasteiger partial charge < -0.3 is 10.2 Å². The Morgan fingerprint density at radius 3 is 2.29 bits per heavy atom. The summed E-state index contributed by atoms with van der Waals surface area (Å²) in [5.74, 6) is -0.237. The van der Waals surface area contributed by atoms with Crippen LogP contribution in [0.25, 0.3) is 0 Å². The number of likely N-dealkylation sites (N-methyl/N-ethyl adjacent to an activating group) is 1. The van der Waals surface area contributed by atoms with Crippen molar-refractivity contribution in [3.8, 4) is 0 Å². The van der Waals surface area contributed by atoms with Crippen molar-refractivity contribution in [1.29, 1.82) is 0 Å². The summed E-state index contributed by atoms with van der Waals surface area (Å²) in [6, 6.07) is 14.2. The molecule has 9 heteroatoms. The molecule has 0 unspecified atom stereocenters. The third-order valence-corrected chi connectivity index (χ3v) is 5.90. The number of primary sulfonamides is 1. The summed E-state index contributed by atoms with van der Waals surface area (Å²) >= 11 is 0. The van der Waals surface area contributed by atoms with Crippen LogP contribution in [0.4, 0.5) is 10.5 Å². The summed E-state index contributed by atoms with van der Waals surface area (Å²) in [6.07, 6.45) is 0. The van der Waals surface area contributed by atoms with Crippen LogP contribution in [0.1, 0.15) is 11.6 Å². The van der Waals surface area contributed by atoms with E-state index in [-0.39, 0.29) is 23.4 Å². The first-order valence-corrected chi connectivity index (χ1v) is 10.1. The van der Waals surface area contributed by atoms with E-state index in [1.165, 1.54) is 34.1 Å². The van der Waals surface area contributed by atoms with Crippen molar-refractivity contribution in [1.82, 2.24) is 10.2 Å². The number of carbonyl (C=O) groups excluding carboxylic acids is 2. The van der Waals surface area contributed by atoms with Crippen LogP contribution < -0.4 is 15.4 Å². The maximum Gasteiger partial charge on any atom is 0.322 e. The molecule has 3 amide bonds. The molecule has 0 fully saturated rings. The molecule has 1 atom stereocenters. The number of anilines is 1. The Morgan fingerprint density at radius 2 is 1.68 bits per heavy atom. The molecule has 0 spiro atoms. The van der Waals surface area contributed by atoms with Gasteiger partial charge in [0, 0.05) is 12.7 Å². The fourth-order valence-corrected chi connectivity index (χ4v) is 4.00. The predicted octanol–water partition coefficient (Wildman–Crippen LogP) is 1.33. The first-order chi connectivity index (χ1) is 13.3. The zero-order chi connectivity index (χ0) is 20.1. The number of amides is 3. The van der Waals surface area contributed by atoms with Crippen molar-refractivity contribution in [3.63, 3.8) is 0 Å². The Kier molecular flexibility index (Phi) is 4.20. The first kappa shape index (κ1) is 18.2. The first-order valence-electron chi connectivity index (χ1n) is 8.54. The summed E-state index contributed by atoms with van der Waals surface area (Å²) in [4.78, 5) is 28.5. The van der Waals surface area contributed by atoms with Gasteiger partial charge in [-0.1, -0.05) is 30.3 Å². The molecule has 28 heavy (non-hydrogen) atoms. The molecule has 3 N–H and O–H groups in total. The van der Waals surface area contributed by atoms with Gasteiger partial charge in [0.1, 0.15) is 0 Å². The van der Waals surface area contributed by atoms with E-state index in [4.69, 9.17) is 5.14 Å². The summed E-state index contributed by atoms with van der Waals surface area (Å²) in [6.45, 7) is 0.218. The van der Waals surface area contributed by atoms with Crippen LogP contribution in [0.15, 0.2) is 70.8 Å². The van der Waals surface area contributed by atoms with Crippen molar-refractivity contribution in [2.24, 2.45) is 5.14 Å². The molecule has 8 nitrogen and oxygen atoms in total. The lowest BCUT2D eigenvalue weighted by atomic mass is 9.96. The van der Waals surface area contributed by atoms with E-state index in [9.17, 15) is 18.0 Å². The van der Waals surface area contributed by atoms with E-state index in [1.807, 2.05) is 30.3 Å². The van der Waals surface area contributed by atoms with Gasteiger partial charge in [0.15, 0.2) is 0 Å². The van der Waals surface area contributed by atoms with Crippen molar-refractivity contribution >= 4 is 27.6 Å². The molecule has 2 aromatic carbocycles. The third-order valence-electron chi connectivity index (χ3n) is 4.97. The van der Waals surface area contributed by atoms with Crippen molar-refractivity contribution in [2.45, 2.75) is 10.9 Å². The minimum atomic E-state index is -3.82. The second-order valence-corrected chi connectivity index (χ2v) is 8.20. The number of hydrogen-bond donors (Lipinski definition) is 2. The van der Waals surface area contributed by atoms with Gasteiger partial charge in [-0.15, -0.1) is 0 Å². The van der Waals surface area contributed by atoms with Crippen LogP contribution in [0, 0.1) is 0 Å².